The molecule has 2 aliphatic rings. The lowest BCUT2D eigenvalue weighted by atomic mass is 10.2. The first kappa shape index (κ1) is 16.2. The molecule has 1 saturated heterocycles. The molecule has 0 radical (unpaired) electrons. The number of nitrogens with two attached hydrogens (primary N) is 1. The summed E-state index contributed by atoms with van der Waals surface area (Å²) in [6.45, 7) is 8.30. The Labute approximate surface area is 127 Å². The zero-order valence-corrected chi connectivity index (χ0v) is 12.9. The van der Waals surface area contributed by atoms with Crippen molar-refractivity contribution in [2.75, 3.05) is 52.4 Å². The SMILES string of the molecule is NCCCN1CCN(CCCNC(=O)C2=CC=CC2)CC1. The number of hydrogen-bond donors (Lipinski definition) is 2. The zero-order valence-electron chi connectivity index (χ0n) is 12.9. The number of piperazine rings is 1. The van der Waals surface area contributed by atoms with Gasteiger partial charge >= 0.3 is 0 Å². The van der Waals surface area contributed by atoms with Gasteiger partial charge in [-0.25, -0.2) is 0 Å². The van der Waals surface area contributed by atoms with Crippen molar-refractivity contribution in [3.05, 3.63) is 23.8 Å². The van der Waals surface area contributed by atoms with Crippen molar-refractivity contribution in [3.8, 4) is 0 Å². The summed E-state index contributed by atoms with van der Waals surface area (Å²) in [6, 6.07) is 0. The van der Waals surface area contributed by atoms with Crippen LogP contribution >= 0.6 is 0 Å². The number of allylic oxidation sites excluding steroid dienone is 3. The molecule has 3 N–H and O–H groups in total. The molecule has 1 aliphatic carbocycles. The van der Waals surface area contributed by atoms with E-state index in [4.69, 9.17) is 5.73 Å². The van der Waals surface area contributed by atoms with Crippen molar-refractivity contribution in [1.82, 2.24) is 15.1 Å². The van der Waals surface area contributed by atoms with Crippen LogP contribution in [0.5, 0.6) is 0 Å². The van der Waals surface area contributed by atoms with Gasteiger partial charge in [-0.1, -0.05) is 18.2 Å². The van der Waals surface area contributed by atoms with E-state index in [-0.39, 0.29) is 5.91 Å². The summed E-state index contributed by atoms with van der Waals surface area (Å²) in [5.74, 6) is 0.0894. The zero-order chi connectivity index (χ0) is 14.9. The number of amides is 1. The molecule has 1 fully saturated rings. The number of rotatable bonds is 8. The van der Waals surface area contributed by atoms with E-state index in [2.05, 4.69) is 15.1 Å². The minimum Gasteiger partial charge on any atom is -0.352 e. The first-order valence-corrected chi connectivity index (χ1v) is 8.08. The van der Waals surface area contributed by atoms with Crippen molar-refractivity contribution >= 4 is 5.91 Å². The summed E-state index contributed by atoms with van der Waals surface area (Å²) >= 11 is 0. The quantitative estimate of drug-likeness (QED) is 0.634. The molecule has 1 heterocycles. The molecule has 0 atom stereocenters. The number of hydrogen-bond acceptors (Lipinski definition) is 4. The van der Waals surface area contributed by atoms with Crippen LogP contribution in [0.25, 0.3) is 0 Å². The van der Waals surface area contributed by atoms with E-state index in [1.165, 1.54) is 0 Å². The average molecular weight is 292 g/mol. The molecule has 0 aromatic heterocycles. The number of nitrogens with one attached hydrogen (secondary N) is 1. The number of carbonyl (C=O) groups is 1. The second-order valence-corrected chi connectivity index (χ2v) is 5.76. The molecule has 21 heavy (non-hydrogen) atoms. The van der Waals surface area contributed by atoms with E-state index < -0.39 is 0 Å². The van der Waals surface area contributed by atoms with E-state index in [1.807, 2.05) is 18.2 Å². The van der Waals surface area contributed by atoms with Crippen LogP contribution in [-0.2, 0) is 4.79 Å². The van der Waals surface area contributed by atoms with Gasteiger partial charge in [-0.3, -0.25) is 4.79 Å². The summed E-state index contributed by atoms with van der Waals surface area (Å²) in [5.41, 5.74) is 6.42. The van der Waals surface area contributed by atoms with Crippen molar-refractivity contribution in [2.24, 2.45) is 5.73 Å². The highest BCUT2D eigenvalue weighted by molar-refractivity contribution is 5.94. The molecule has 2 rings (SSSR count). The number of carbonyl (C=O) groups excluding carboxylic acids is 1. The van der Waals surface area contributed by atoms with E-state index in [9.17, 15) is 4.79 Å². The smallest absolute Gasteiger partial charge is 0.247 e. The Morgan fingerprint density at radius 1 is 1.14 bits per heavy atom. The first-order chi connectivity index (χ1) is 10.3. The molecule has 5 nitrogen and oxygen atoms in total. The molecule has 0 unspecified atom stereocenters. The van der Waals surface area contributed by atoms with Gasteiger partial charge in [-0.2, -0.15) is 0 Å². The fraction of sp³-hybridized carbons (Fsp3) is 0.688. The standard InChI is InChI=1S/C16H28N4O/c17-7-3-9-19-11-13-20(14-12-19)10-4-8-18-16(21)15-5-1-2-6-15/h1-2,5H,3-4,6-14,17H2,(H,18,21). The van der Waals surface area contributed by atoms with Gasteiger partial charge in [0.2, 0.25) is 5.91 Å². The molecule has 118 valence electrons. The Morgan fingerprint density at radius 2 is 1.81 bits per heavy atom. The van der Waals surface area contributed by atoms with Crippen LogP contribution in [0.1, 0.15) is 19.3 Å². The van der Waals surface area contributed by atoms with Gasteiger partial charge in [-0.05, 0) is 38.9 Å². The predicted molar refractivity (Wildman–Crippen MR) is 86.0 cm³/mol. The summed E-state index contributed by atoms with van der Waals surface area (Å²) in [5, 5.41) is 3.00. The molecular weight excluding hydrogens is 264 g/mol. The van der Waals surface area contributed by atoms with Gasteiger partial charge in [0.1, 0.15) is 0 Å². The maximum atomic E-state index is 11.8. The predicted octanol–water partition coefficient (Wildman–Crippen LogP) is 0.345. The molecule has 0 aromatic rings. The van der Waals surface area contributed by atoms with Crippen molar-refractivity contribution < 1.29 is 4.79 Å². The van der Waals surface area contributed by atoms with E-state index in [0.29, 0.717) is 0 Å². The van der Waals surface area contributed by atoms with Crippen molar-refractivity contribution in [2.45, 2.75) is 19.3 Å². The summed E-state index contributed by atoms with van der Waals surface area (Å²) < 4.78 is 0. The molecule has 1 aliphatic heterocycles. The second kappa shape index (κ2) is 8.97. The third-order valence-electron chi connectivity index (χ3n) is 4.14. The van der Waals surface area contributed by atoms with Gasteiger partial charge in [0.15, 0.2) is 0 Å². The van der Waals surface area contributed by atoms with Gasteiger partial charge in [0, 0.05) is 38.3 Å². The Hall–Kier alpha value is -1.17. The van der Waals surface area contributed by atoms with Gasteiger partial charge in [0.05, 0.1) is 0 Å². The second-order valence-electron chi connectivity index (χ2n) is 5.76. The lowest BCUT2D eigenvalue weighted by molar-refractivity contribution is -0.117. The minimum atomic E-state index is 0.0894. The van der Waals surface area contributed by atoms with Gasteiger partial charge in [0.25, 0.3) is 0 Å². The molecule has 0 saturated carbocycles. The average Bonchev–Trinajstić information content (AvgIpc) is 3.05. The number of nitrogens with zero attached hydrogens (tertiary/aromatic N) is 2. The fourth-order valence-electron chi connectivity index (χ4n) is 2.79. The normalized spacial score (nSPS) is 19.8. The van der Waals surface area contributed by atoms with Crippen LogP contribution in [0, 0.1) is 0 Å². The lowest BCUT2D eigenvalue weighted by Crippen LogP contribution is -2.47. The lowest BCUT2D eigenvalue weighted by Gasteiger charge is -2.34. The summed E-state index contributed by atoms with van der Waals surface area (Å²) in [7, 11) is 0. The van der Waals surface area contributed by atoms with Crippen molar-refractivity contribution in [1.29, 1.82) is 0 Å². The van der Waals surface area contributed by atoms with Crippen LogP contribution in [0.2, 0.25) is 0 Å². The van der Waals surface area contributed by atoms with Crippen LogP contribution in [0.15, 0.2) is 23.8 Å². The molecule has 0 spiro atoms. The Morgan fingerprint density at radius 3 is 2.38 bits per heavy atom. The largest absolute Gasteiger partial charge is 0.352 e. The molecule has 0 aromatic carbocycles. The monoisotopic (exact) mass is 292 g/mol. The van der Waals surface area contributed by atoms with Gasteiger partial charge in [-0.15, -0.1) is 0 Å². The highest BCUT2D eigenvalue weighted by Crippen LogP contribution is 2.09. The van der Waals surface area contributed by atoms with Crippen LogP contribution in [0.4, 0.5) is 0 Å². The third-order valence-corrected chi connectivity index (χ3v) is 4.14. The van der Waals surface area contributed by atoms with Crippen LogP contribution < -0.4 is 11.1 Å². The topological polar surface area (TPSA) is 61.6 Å². The Balaban J connectivity index is 1.51. The molecule has 1 amide bonds. The summed E-state index contributed by atoms with van der Waals surface area (Å²) in [4.78, 5) is 16.8. The van der Waals surface area contributed by atoms with Crippen LogP contribution in [-0.4, -0.2) is 68.1 Å². The minimum absolute atomic E-state index is 0.0894. The Kier molecular flexibility index (Phi) is 6.92. The maximum absolute atomic E-state index is 11.8. The molecule has 0 bridgehead atoms. The fourth-order valence-corrected chi connectivity index (χ4v) is 2.79. The van der Waals surface area contributed by atoms with E-state index in [0.717, 1.165) is 77.2 Å². The highest BCUT2D eigenvalue weighted by Gasteiger charge is 2.16. The van der Waals surface area contributed by atoms with Crippen molar-refractivity contribution in [3.63, 3.8) is 0 Å². The first-order valence-electron chi connectivity index (χ1n) is 8.08. The maximum Gasteiger partial charge on any atom is 0.247 e. The highest BCUT2D eigenvalue weighted by atomic mass is 16.1. The van der Waals surface area contributed by atoms with E-state index in [1.54, 1.807) is 0 Å². The third kappa shape index (κ3) is 5.61. The summed E-state index contributed by atoms with van der Waals surface area (Å²) in [6.07, 6.45) is 8.75. The molecular formula is C16H28N4O. The van der Waals surface area contributed by atoms with Gasteiger partial charge < -0.3 is 20.9 Å². The van der Waals surface area contributed by atoms with E-state index >= 15 is 0 Å². The van der Waals surface area contributed by atoms with Crippen LogP contribution in [0.3, 0.4) is 0 Å². The molecule has 5 heteroatoms. The Bertz CT molecular complexity index is 384.